The molecule has 0 saturated carbocycles. The van der Waals surface area contributed by atoms with Crippen LogP contribution in [0.25, 0.3) is 0 Å². The monoisotopic (exact) mass is 428 g/mol. The largest absolute Gasteiger partial charge is 0.395 e. The number of carbonyl (C=O) groups is 3. The quantitative estimate of drug-likeness (QED) is 0.560. The van der Waals surface area contributed by atoms with Crippen molar-refractivity contribution in [3.8, 4) is 0 Å². The average Bonchev–Trinajstić information content (AvgIpc) is 3.08. The van der Waals surface area contributed by atoms with Crippen LogP contribution in [0, 0.1) is 0 Å². The molecule has 0 bridgehead atoms. The van der Waals surface area contributed by atoms with Crippen molar-refractivity contribution in [2.24, 2.45) is 0 Å². The second-order valence-electron chi connectivity index (χ2n) is 7.70. The lowest BCUT2D eigenvalue weighted by molar-refractivity contribution is -0.136. The van der Waals surface area contributed by atoms with Gasteiger partial charge < -0.3 is 10.0 Å². The molecule has 1 heterocycles. The number of aliphatic hydroxyl groups is 1. The van der Waals surface area contributed by atoms with E-state index in [-0.39, 0.29) is 32.0 Å². The van der Waals surface area contributed by atoms with Crippen LogP contribution < -0.4 is 0 Å². The molecule has 1 N–H and O–H groups in total. The topological polar surface area (TPSA) is 77.9 Å². The van der Waals surface area contributed by atoms with E-state index in [0.29, 0.717) is 11.1 Å². The van der Waals surface area contributed by atoms with E-state index in [2.05, 4.69) is 0 Å². The third-order valence-corrected chi connectivity index (χ3v) is 5.59. The molecule has 0 aromatic heterocycles. The Morgan fingerprint density at radius 3 is 1.81 bits per heavy atom. The van der Waals surface area contributed by atoms with Crippen molar-refractivity contribution in [1.29, 1.82) is 0 Å². The molecule has 3 amide bonds. The summed E-state index contributed by atoms with van der Waals surface area (Å²) in [6.45, 7) is 0.148. The highest BCUT2D eigenvalue weighted by atomic mass is 16.3. The highest BCUT2D eigenvalue weighted by Crippen LogP contribution is 2.27. The average molecular weight is 428 g/mol. The summed E-state index contributed by atoms with van der Waals surface area (Å²) in [6, 6.07) is 24.4. The number of nitrogens with zero attached hydrogens (tertiary/aromatic N) is 2. The second-order valence-corrected chi connectivity index (χ2v) is 7.70. The zero-order valence-electron chi connectivity index (χ0n) is 17.6. The highest BCUT2D eigenvalue weighted by molar-refractivity contribution is 6.22. The normalized spacial score (nSPS) is 13.7. The molecule has 162 valence electrons. The molecule has 1 aliphatic heterocycles. The fourth-order valence-corrected chi connectivity index (χ4v) is 4.02. The van der Waals surface area contributed by atoms with E-state index in [1.54, 1.807) is 24.3 Å². The number of hydrogen-bond donors (Lipinski definition) is 1. The zero-order chi connectivity index (χ0) is 22.5. The van der Waals surface area contributed by atoms with Crippen LogP contribution in [0.2, 0.25) is 0 Å². The van der Waals surface area contributed by atoms with Crippen LogP contribution in [0.4, 0.5) is 0 Å². The number of hydrogen-bond acceptors (Lipinski definition) is 4. The number of benzene rings is 3. The fourth-order valence-electron chi connectivity index (χ4n) is 4.02. The predicted molar refractivity (Wildman–Crippen MR) is 120 cm³/mol. The lowest BCUT2D eigenvalue weighted by Crippen LogP contribution is -2.52. The van der Waals surface area contributed by atoms with E-state index in [9.17, 15) is 19.5 Å². The first kappa shape index (κ1) is 21.5. The Morgan fingerprint density at radius 2 is 1.28 bits per heavy atom. The van der Waals surface area contributed by atoms with Gasteiger partial charge in [-0.1, -0.05) is 72.8 Å². The highest BCUT2D eigenvalue weighted by Gasteiger charge is 2.43. The van der Waals surface area contributed by atoms with Crippen molar-refractivity contribution in [2.75, 3.05) is 13.2 Å². The molecule has 0 spiro atoms. The van der Waals surface area contributed by atoms with Crippen molar-refractivity contribution in [2.45, 2.75) is 19.0 Å². The predicted octanol–water partition coefficient (Wildman–Crippen LogP) is 2.92. The standard InChI is InChI=1S/C26H24N2O4/c29-16-15-27(18-20-11-5-2-6-12-20)26(32)23(17-19-9-3-1-4-10-19)28-24(30)21-13-7-8-14-22(21)25(28)31/h1-14,23,29H,15-18H2. The number of fused-ring (bicyclic) bond motifs is 1. The molecule has 0 aliphatic carbocycles. The summed E-state index contributed by atoms with van der Waals surface area (Å²) in [5, 5.41) is 9.61. The first-order valence-corrected chi connectivity index (χ1v) is 10.5. The SMILES string of the molecule is O=C(C(Cc1ccccc1)N1C(=O)c2ccccc2C1=O)N(CCO)Cc1ccccc1. The maximum Gasteiger partial charge on any atom is 0.262 e. The van der Waals surface area contributed by atoms with E-state index in [4.69, 9.17) is 0 Å². The summed E-state index contributed by atoms with van der Waals surface area (Å²) in [7, 11) is 0. The fraction of sp³-hybridized carbons (Fsp3) is 0.192. The van der Waals surface area contributed by atoms with Crippen molar-refractivity contribution >= 4 is 17.7 Å². The van der Waals surface area contributed by atoms with Crippen molar-refractivity contribution in [3.05, 3.63) is 107 Å². The summed E-state index contributed by atoms with van der Waals surface area (Å²) in [4.78, 5) is 42.7. The van der Waals surface area contributed by atoms with Crippen LogP contribution in [0.5, 0.6) is 0 Å². The van der Waals surface area contributed by atoms with E-state index >= 15 is 0 Å². The molecule has 3 aromatic carbocycles. The minimum atomic E-state index is -1.01. The summed E-state index contributed by atoms with van der Waals surface area (Å²) in [6.07, 6.45) is 0.196. The maximum atomic E-state index is 13.7. The van der Waals surface area contributed by atoms with Crippen LogP contribution in [0.3, 0.4) is 0 Å². The van der Waals surface area contributed by atoms with Gasteiger partial charge in [-0.2, -0.15) is 0 Å². The molecular formula is C26H24N2O4. The zero-order valence-corrected chi connectivity index (χ0v) is 17.6. The van der Waals surface area contributed by atoms with Gasteiger partial charge >= 0.3 is 0 Å². The van der Waals surface area contributed by atoms with Gasteiger partial charge in [-0.3, -0.25) is 19.3 Å². The van der Waals surface area contributed by atoms with E-state index in [1.165, 1.54) is 4.90 Å². The van der Waals surface area contributed by atoms with Gasteiger partial charge in [0.15, 0.2) is 0 Å². The van der Waals surface area contributed by atoms with E-state index in [0.717, 1.165) is 16.0 Å². The summed E-state index contributed by atoms with van der Waals surface area (Å²) in [5.74, 6) is -1.31. The Morgan fingerprint density at radius 1 is 0.781 bits per heavy atom. The first-order valence-electron chi connectivity index (χ1n) is 10.5. The summed E-state index contributed by atoms with van der Waals surface area (Å²) in [5.41, 5.74) is 2.35. The molecule has 6 heteroatoms. The van der Waals surface area contributed by atoms with Crippen molar-refractivity contribution in [3.63, 3.8) is 0 Å². The molecule has 1 aliphatic rings. The minimum absolute atomic E-state index is 0.0994. The van der Waals surface area contributed by atoms with Gasteiger partial charge in [-0.25, -0.2) is 0 Å². The van der Waals surface area contributed by atoms with Crippen LogP contribution in [-0.2, 0) is 17.8 Å². The third-order valence-electron chi connectivity index (χ3n) is 5.59. The van der Waals surface area contributed by atoms with Gasteiger partial charge in [0, 0.05) is 19.5 Å². The number of aliphatic hydroxyl groups excluding tert-OH is 1. The van der Waals surface area contributed by atoms with Gasteiger partial charge in [0.1, 0.15) is 6.04 Å². The Kier molecular flexibility index (Phi) is 6.42. The maximum absolute atomic E-state index is 13.7. The van der Waals surface area contributed by atoms with Crippen LogP contribution in [0.15, 0.2) is 84.9 Å². The Balaban J connectivity index is 1.69. The summed E-state index contributed by atoms with van der Waals surface area (Å²) >= 11 is 0. The van der Waals surface area contributed by atoms with Gasteiger partial charge in [0.25, 0.3) is 11.8 Å². The molecule has 1 atom stereocenters. The Hall–Kier alpha value is -3.77. The van der Waals surface area contributed by atoms with Gasteiger partial charge in [0.2, 0.25) is 5.91 Å². The first-order chi connectivity index (χ1) is 15.6. The van der Waals surface area contributed by atoms with Crippen LogP contribution in [-0.4, -0.2) is 51.8 Å². The number of imide groups is 1. The van der Waals surface area contributed by atoms with Crippen molar-refractivity contribution < 1.29 is 19.5 Å². The molecule has 6 nitrogen and oxygen atoms in total. The number of amides is 3. The van der Waals surface area contributed by atoms with Gasteiger partial charge in [-0.05, 0) is 23.3 Å². The molecule has 0 fully saturated rings. The Bertz CT molecular complexity index is 1080. The lowest BCUT2D eigenvalue weighted by Gasteiger charge is -2.31. The molecule has 0 radical (unpaired) electrons. The molecule has 4 rings (SSSR count). The molecule has 3 aromatic rings. The molecular weight excluding hydrogens is 404 g/mol. The van der Waals surface area contributed by atoms with Crippen LogP contribution in [0.1, 0.15) is 31.8 Å². The van der Waals surface area contributed by atoms with E-state index in [1.807, 2.05) is 60.7 Å². The van der Waals surface area contributed by atoms with Crippen LogP contribution >= 0.6 is 0 Å². The lowest BCUT2D eigenvalue weighted by atomic mass is 10.0. The smallest absolute Gasteiger partial charge is 0.262 e. The van der Waals surface area contributed by atoms with Crippen molar-refractivity contribution in [1.82, 2.24) is 9.80 Å². The summed E-state index contributed by atoms with van der Waals surface area (Å²) < 4.78 is 0. The number of carbonyl (C=O) groups excluding carboxylic acids is 3. The molecule has 0 saturated heterocycles. The third kappa shape index (κ3) is 4.31. The molecule has 32 heavy (non-hydrogen) atoms. The second kappa shape index (κ2) is 9.58. The van der Waals surface area contributed by atoms with E-state index < -0.39 is 17.9 Å². The number of rotatable bonds is 8. The minimum Gasteiger partial charge on any atom is -0.395 e. The van der Waals surface area contributed by atoms with Gasteiger partial charge in [-0.15, -0.1) is 0 Å². The molecule has 1 unspecified atom stereocenters. The van der Waals surface area contributed by atoms with Gasteiger partial charge in [0.05, 0.1) is 17.7 Å². The Labute approximate surface area is 186 Å².